The van der Waals surface area contributed by atoms with Crippen LogP contribution in [-0.2, 0) is 13.5 Å². The maximum Gasteiger partial charge on any atom is 0.287 e. The van der Waals surface area contributed by atoms with Crippen molar-refractivity contribution in [3.05, 3.63) is 82.1 Å². The van der Waals surface area contributed by atoms with Crippen molar-refractivity contribution in [1.82, 2.24) is 9.97 Å². The first-order chi connectivity index (χ1) is 12.5. The van der Waals surface area contributed by atoms with Gasteiger partial charge in [-0.25, -0.2) is 4.57 Å². The molecule has 1 aliphatic rings. The zero-order chi connectivity index (χ0) is 18.4. The Bertz CT molecular complexity index is 1040. The third kappa shape index (κ3) is 2.64. The van der Waals surface area contributed by atoms with Gasteiger partial charge < -0.3 is 0 Å². The quantitative estimate of drug-likeness (QED) is 0.654. The van der Waals surface area contributed by atoms with Gasteiger partial charge >= 0.3 is 0 Å². The lowest BCUT2D eigenvalue weighted by Gasteiger charge is -2.13. The minimum Gasteiger partial charge on any atom is -0.256 e. The maximum absolute atomic E-state index is 4.75. The predicted octanol–water partition coefficient (Wildman–Crippen LogP) is 4.19. The molecule has 0 amide bonds. The van der Waals surface area contributed by atoms with Crippen molar-refractivity contribution >= 4 is 5.57 Å². The Morgan fingerprint density at radius 2 is 1.77 bits per heavy atom. The summed E-state index contributed by atoms with van der Waals surface area (Å²) in [4.78, 5) is 9.37. The van der Waals surface area contributed by atoms with E-state index in [9.17, 15) is 0 Å². The summed E-state index contributed by atoms with van der Waals surface area (Å²) >= 11 is 0. The Kier molecular flexibility index (Phi) is 3.95. The maximum atomic E-state index is 4.75. The van der Waals surface area contributed by atoms with Crippen molar-refractivity contribution in [3.63, 3.8) is 0 Å². The molecule has 0 fully saturated rings. The van der Waals surface area contributed by atoms with Gasteiger partial charge in [0.2, 0.25) is 0 Å². The molecule has 3 aromatic rings. The van der Waals surface area contributed by atoms with E-state index in [1.165, 1.54) is 39.1 Å². The first-order valence-corrected chi connectivity index (χ1v) is 9.05. The van der Waals surface area contributed by atoms with E-state index >= 15 is 0 Å². The summed E-state index contributed by atoms with van der Waals surface area (Å²) in [6.45, 7) is 8.62. The van der Waals surface area contributed by atoms with Gasteiger partial charge in [-0.2, -0.15) is 0 Å². The van der Waals surface area contributed by atoms with Crippen molar-refractivity contribution < 1.29 is 4.57 Å². The van der Waals surface area contributed by atoms with E-state index in [-0.39, 0.29) is 0 Å². The zero-order valence-electron chi connectivity index (χ0n) is 16.1. The van der Waals surface area contributed by atoms with E-state index in [2.05, 4.69) is 74.6 Å². The normalized spacial score (nSPS) is 12.9. The first-order valence-electron chi connectivity index (χ1n) is 9.05. The van der Waals surface area contributed by atoms with E-state index in [0.29, 0.717) is 0 Å². The van der Waals surface area contributed by atoms with Gasteiger partial charge in [-0.05, 0) is 61.5 Å². The van der Waals surface area contributed by atoms with Crippen LogP contribution in [0.2, 0.25) is 0 Å². The van der Waals surface area contributed by atoms with Gasteiger partial charge in [0.15, 0.2) is 5.69 Å². The average Bonchev–Trinajstić information content (AvgIpc) is 3.03. The van der Waals surface area contributed by atoms with E-state index in [1.807, 2.05) is 12.5 Å². The molecular formula is C23H24N3+. The van der Waals surface area contributed by atoms with Gasteiger partial charge in [0.05, 0.1) is 18.3 Å². The fraction of sp³-hybridized carbons (Fsp3) is 0.261. The highest BCUT2D eigenvalue weighted by molar-refractivity contribution is 5.84. The number of allylic oxidation sites excluding steroid dienone is 1. The molecule has 2 aromatic heterocycles. The number of aryl methyl sites for hydroxylation is 4. The molecule has 1 aliphatic carbocycles. The zero-order valence-corrected chi connectivity index (χ0v) is 16.1. The average molecular weight is 342 g/mol. The molecule has 0 N–H and O–H groups in total. The Morgan fingerprint density at radius 1 is 0.962 bits per heavy atom. The van der Waals surface area contributed by atoms with Crippen LogP contribution in [-0.4, -0.2) is 9.97 Å². The van der Waals surface area contributed by atoms with Crippen LogP contribution < -0.4 is 4.57 Å². The van der Waals surface area contributed by atoms with E-state index in [4.69, 9.17) is 4.98 Å². The van der Waals surface area contributed by atoms with Crippen molar-refractivity contribution in [2.45, 2.75) is 34.1 Å². The lowest BCUT2D eigenvalue weighted by molar-refractivity contribution is -0.663. The third-order valence-electron chi connectivity index (χ3n) is 5.30. The van der Waals surface area contributed by atoms with Crippen LogP contribution in [0.3, 0.4) is 0 Å². The standard InChI is InChI=1S/C23H24N3/c1-14-6-9-21(24-12-14)18-7-8-19-22(18)25-13-26(5)23(19)20-11-15(2)10-16(3)17(20)4/h6-7,9-13H,8H2,1-5H3/q+1. The number of benzene rings is 1. The third-order valence-corrected chi connectivity index (χ3v) is 5.30. The van der Waals surface area contributed by atoms with Crippen LogP contribution in [0.5, 0.6) is 0 Å². The number of fused-ring (bicyclic) bond motifs is 1. The molecule has 3 heteroatoms. The summed E-state index contributed by atoms with van der Waals surface area (Å²) in [7, 11) is 2.09. The topological polar surface area (TPSA) is 29.7 Å². The number of hydrogen-bond acceptors (Lipinski definition) is 2. The second-order valence-corrected chi connectivity index (χ2v) is 7.33. The van der Waals surface area contributed by atoms with Gasteiger partial charge in [-0.15, -0.1) is 0 Å². The second-order valence-electron chi connectivity index (χ2n) is 7.33. The van der Waals surface area contributed by atoms with Crippen molar-refractivity contribution in [2.75, 3.05) is 0 Å². The highest BCUT2D eigenvalue weighted by Crippen LogP contribution is 2.36. The number of nitrogens with zero attached hydrogens (tertiary/aromatic N) is 3. The smallest absolute Gasteiger partial charge is 0.256 e. The molecule has 0 radical (unpaired) electrons. The van der Waals surface area contributed by atoms with Gasteiger partial charge in [0.1, 0.15) is 5.69 Å². The minimum absolute atomic E-state index is 0.893. The molecule has 26 heavy (non-hydrogen) atoms. The number of hydrogen-bond donors (Lipinski definition) is 0. The van der Waals surface area contributed by atoms with Gasteiger partial charge in [-0.3, -0.25) is 4.98 Å². The van der Waals surface area contributed by atoms with Gasteiger partial charge in [0.25, 0.3) is 6.33 Å². The number of pyridine rings is 1. The van der Waals surface area contributed by atoms with Crippen LogP contribution >= 0.6 is 0 Å². The van der Waals surface area contributed by atoms with Crippen molar-refractivity contribution in [2.24, 2.45) is 7.05 Å². The molecule has 130 valence electrons. The Labute approximate surface area is 155 Å². The molecule has 4 rings (SSSR count). The van der Waals surface area contributed by atoms with E-state index in [0.717, 1.165) is 23.4 Å². The molecule has 0 bridgehead atoms. The molecule has 0 atom stereocenters. The van der Waals surface area contributed by atoms with Crippen molar-refractivity contribution in [3.8, 4) is 11.3 Å². The van der Waals surface area contributed by atoms with Crippen LogP contribution in [0, 0.1) is 27.7 Å². The molecule has 3 nitrogen and oxygen atoms in total. The summed E-state index contributed by atoms with van der Waals surface area (Å²) in [6.07, 6.45) is 7.01. The molecule has 0 spiro atoms. The molecule has 2 heterocycles. The molecule has 0 saturated carbocycles. The summed E-state index contributed by atoms with van der Waals surface area (Å²) < 4.78 is 2.15. The number of aromatic nitrogens is 3. The fourth-order valence-corrected chi connectivity index (χ4v) is 3.82. The van der Waals surface area contributed by atoms with Crippen LogP contribution in [0.15, 0.2) is 42.9 Å². The highest BCUT2D eigenvalue weighted by Gasteiger charge is 2.29. The van der Waals surface area contributed by atoms with Gasteiger partial charge in [0, 0.05) is 23.8 Å². The summed E-state index contributed by atoms with van der Waals surface area (Å²) in [5.74, 6) is 0. The SMILES string of the molecule is Cc1ccc(C2=CCc3c2nc[n+](C)c3-c2cc(C)cc(C)c2C)nc1. The highest BCUT2D eigenvalue weighted by atomic mass is 15.0. The fourth-order valence-electron chi connectivity index (χ4n) is 3.82. The lowest BCUT2D eigenvalue weighted by atomic mass is 9.94. The van der Waals surface area contributed by atoms with Crippen LogP contribution in [0.4, 0.5) is 0 Å². The van der Waals surface area contributed by atoms with Crippen molar-refractivity contribution in [1.29, 1.82) is 0 Å². The monoisotopic (exact) mass is 342 g/mol. The largest absolute Gasteiger partial charge is 0.287 e. The molecule has 0 saturated heterocycles. The Hall–Kier alpha value is -2.81. The molecule has 0 unspecified atom stereocenters. The van der Waals surface area contributed by atoms with Gasteiger partial charge in [-0.1, -0.05) is 23.8 Å². The Balaban J connectivity index is 1.90. The summed E-state index contributed by atoms with van der Waals surface area (Å²) in [6, 6.07) is 8.74. The second kappa shape index (κ2) is 6.17. The molecule has 0 aliphatic heterocycles. The number of rotatable bonds is 2. The Morgan fingerprint density at radius 3 is 2.50 bits per heavy atom. The van der Waals surface area contributed by atoms with Crippen LogP contribution in [0.25, 0.3) is 16.8 Å². The van der Waals surface area contributed by atoms with Crippen LogP contribution in [0.1, 0.15) is 39.2 Å². The predicted molar refractivity (Wildman–Crippen MR) is 105 cm³/mol. The molecular weight excluding hydrogens is 318 g/mol. The molecule has 1 aromatic carbocycles. The minimum atomic E-state index is 0.893. The summed E-state index contributed by atoms with van der Waals surface area (Å²) in [5, 5.41) is 0. The van der Waals surface area contributed by atoms with E-state index < -0.39 is 0 Å². The van der Waals surface area contributed by atoms with E-state index in [1.54, 1.807) is 0 Å². The lowest BCUT2D eigenvalue weighted by Crippen LogP contribution is -2.33. The summed E-state index contributed by atoms with van der Waals surface area (Å²) in [5.41, 5.74) is 12.2. The first kappa shape index (κ1) is 16.6.